The zero-order valence-corrected chi connectivity index (χ0v) is 16.2. The fourth-order valence-corrected chi connectivity index (χ4v) is 3.89. The Balaban J connectivity index is 1.37. The Labute approximate surface area is 163 Å². The molecule has 1 heterocycles. The highest BCUT2D eigenvalue weighted by Crippen LogP contribution is 2.35. The predicted octanol–water partition coefficient (Wildman–Crippen LogP) is 3.75. The van der Waals surface area contributed by atoms with Crippen LogP contribution in [0.25, 0.3) is 0 Å². The van der Waals surface area contributed by atoms with Crippen LogP contribution in [0.2, 0.25) is 0 Å². The minimum atomic E-state index is 0.174. The van der Waals surface area contributed by atoms with E-state index >= 15 is 0 Å². The average Bonchev–Trinajstić information content (AvgIpc) is 3.55. The number of hydrogen-bond acceptors (Lipinski definition) is 5. The van der Waals surface area contributed by atoms with Gasteiger partial charge in [0, 0.05) is 17.5 Å². The molecule has 1 amide bonds. The highest BCUT2D eigenvalue weighted by atomic mass is 32.2. The maximum atomic E-state index is 12.8. The first-order chi connectivity index (χ1) is 13.2. The van der Waals surface area contributed by atoms with Crippen LogP contribution in [0.15, 0.2) is 47.4 Å². The molecule has 1 aliphatic carbocycles. The van der Waals surface area contributed by atoms with Crippen molar-refractivity contribution in [3.63, 3.8) is 0 Å². The molecule has 2 aromatic rings. The lowest BCUT2D eigenvalue weighted by Crippen LogP contribution is -2.33. The van der Waals surface area contributed by atoms with Crippen LogP contribution in [-0.2, 0) is 11.3 Å². The average molecular weight is 385 g/mol. The molecule has 2 aromatic carbocycles. The quantitative estimate of drug-likeness (QED) is 0.680. The summed E-state index contributed by atoms with van der Waals surface area (Å²) >= 11 is 1.54. The molecule has 4 rings (SSSR count). The summed E-state index contributed by atoms with van der Waals surface area (Å²) in [6.07, 6.45) is 2.19. The molecule has 0 N–H and O–H groups in total. The smallest absolute Gasteiger partial charge is 0.233 e. The third-order valence-corrected chi connectivity index (χ3v) is 5.67. The molecule has 142 valence electrons. The molecule has 5 nitrogen and oxygen atoms in total. The van der Waals surface area contributed by atoms with E-state index in [-0.39, 0.29) is 5.91 Å². The van der Waals surface area contributed by atoms with Gasteiger partial charge in [-0.2, -0.15) is 0 Å². The summed E-state index contributed by atoms with van der Waals surface area (Å²) < 4.78 is 16.4. The largest absolute Gasteiger partial charge is 0.497 e. The summed E-state index contributed by atoms with van der Waals surface area (Å²) in [5, 5.41) is 0. The van der Waals surface area contributed by atoms with Gasteiger partial charge in [-0.25, -0.2) is 0 Å². The van der Waals surface area contributed by atoms with Gasteiger partial charge in [-0.05, 0) is 48.7 Å². The lowest BCUT2D eigenvalue weighted by Gasteiger charge is -2.23. The molecule has 1 fully saturated rings. The van der Waals surface area contributed by atoms with Gasteiger partial charge >= 0.3 is 0 Å². The molecular formula is C21H23NO4S. The van der Waals surface area contributed by atoms with Crippen molar-refractivity contribution >= 4 is 17.7 Å². The molecular weight excluding hydrogens is 362 g/mol. The lowest BCUT2D eigenvalue weighted by atomic mass is 10.2. The van der Waals surface area contributed by atoms with Crippen LogP contribution in [0.4, 0.5) is 0 Å². The first kappa shape index (κ1) is 18.0. The highest BCUT2D eigenvalue weighted by molar-refractivity contribution is 8.00. The Morgan fingerprint density at radius 2 is 1.85 bits per heavy atom. The Hall–Kier alpha value is -2.34. The number of ether oxygens (including phenoxy) is 3. The maximum Gasteiger partial charge on any atom is 0.233 e. The molecule has 27 heavy (non-hydrogen) atoms. The Kier molecular flexibility index (Phi) is 5.43. The molecule has 0 bridgehead atoms. The van der Waals surface area contributed by atoms with Crippen molar-refractivity contribution in [1.82, 2.24) is 4.90 Å². The normalized spacial score (nSPS) is 15.3. The third-order valence-electron chi connectivity index (χ3n) is 4.70. The summed E-state index contributed by atoms with van der Waals surface area (Å²) in [5.41, 5.74) is 1.13. The summed E-state index contributed by atoms with van der Waals surface area (Å²) in [5.74, 6) is 2.96. The van der Waals surface area contributed by atoms with E-state index in [1.165, 1.54) is 0 Å². The van der Waals surface area contributed by atoms with Crippen molar-refractivity contribution in [3.8, 4) is 17.2 Å². The molecule has 0 unspecified atom stereocenters. The molecule has 0 radical (unpaired) electrons. The molecule has 1 saturated carbocycles. The van der Waals surface area contributed by atoms with E-state index in [1.807, 2.05) is 47.4 Å². The molecule has 0 aromatic heterocycles. The van der Waals surface area contributed by atoms with Crippen LogP contribution in [-0.4, -0.2) is 42.9 Å². The fraction of sp³-hybridized carbons (Fsp3) is 0.381. The monoisotopic (exact) mass is 385 g/mol. The standard InChI is InChI=1S/C21H23NO4S/c1-24-17-6-2-15(3-7-17)13-22(16-4-5-16)21(23)14-27-18-8-9-19-20(12-18)26-11-10-25-19/h2-3,6-9,12,16H,4-5,10-11,13-14H2,1H3. The van der Waals surface area contributed by atoms with E-state index in [0.717, 1.165) is 40.5 Å². The van der Waals surface area contributed by atoms with Gasteiger partial charge in [0.2, 0.25) is 5.91 Å². The van der Waals surface area contributed by atoms with E-state index in [1.54, 1.807) is 18.9 Å². The number of carbonyl (C=O) groups is 1. The number of hydrogen-bond donors (Lipinski definition) is 0. The molecule has 6 heteroatoms. The van der Waals surface area contributed by atoms with Crippen molar-refractivity contribution in [1.29, 1.82) is 0 Å². The SMILES string of the molecule is COc1ccc(CN(C(=O)CSc2ccc3c(c2)OCCO3)C2CC2)cc1. The van der Waals surface area contributed by atoms with Gasteiger partial charge in [-0.15, -0.1) is 11.8 Å². The summed E-state index contributed by atoms with van der Waals surface area (Å²) in [6.45, 7) is 1.80. The number of benzene rings is 2. The molecule has 0 saturated heterocycles. The first-order valence-corrected chi connectivity index (χ1v) is 10.2. The van der Waals surface area contributed by atoms with E-state index in [0.29, 0.717) is 31.6 Å². The third kappa shape index (κ3) is 4.50. The second-order valence-electron chi connectivity index (χ2n) is 6.70. The number of thioether (sulfide) groups is 1. The zero-order chi connectivity index (χ0) is 18.6. The number of amides is 1. The topological polar surface area (TPSA) is 48.0 Å². The molecule has 2 aliphatic rings. The van der Waals surface area contributed by atoms with E-state index in [9.17, 15) is 4.79 Å². The number of carbonyl (C=O) groups excluding carboxylic acids is 1. The second-order valence-corrected chi connectivity index (χ2v) is 7.74. The van der Waals surface area contributed by atoms with Crippen LogP contribution in [0.1, 0.15) is 18.4 Å². The van der Waals surface area contributed by atoms with E-state index in [4.69, 9.17) is 14.2 Å². The van der Waals surface area contributed by atoms with Gasteiger partial charge in [0.25, 0.3) is 0 Å². The van der Waals surface area contributed by atoms with Gasteiger partial charge in [0.1, 0.15) is 19.0 Å². The van der Waals surface area contributed by atoms with Gasteiger partial charge in [-0.1, -0.05) is 12.1 Å². The van der Waals surface area contributed by atoms with Crippen molar-refractivity contribution in [3.05, 3.63) is 48.0 Å². The Bertz CT molecular complexity index is 804. The Morgan fingerprint density at radius 1 is 1.11 bits per heavy atom. The van der Waals surface area contributed by atoms with Crippen LogP contribution < -0.4 is 14.2 Å². The Morgan fingerprint density at radius 3 is 2.56 bits per heavy atom. The number of methoxy groups -OCH3 is 1. The van der Waals surface area contributed by atoms with E-state index in [2.05, 4.69) is 0 Å². The lowest BCUT2D eigenvalue weighted by molar-refractivity contribution is -0.129. The highest BCUT2D eigenvalue weighted by Gasteiger charge is 2.32. The number of nitrogens with zero attached hydrogens (tertiary/aromatic N) is 1. The van der Waals surface area contributed by atoms with Crippen molar-refractivity contribution in [2.24, 2.45) is 0 Å². The van der Waals surface area contributed by atoms with Gasteiger partial charge < -0.3 is 19.1 Å². The van der Waals surface area contributed by atoms with Crippen molar-refractivity contribution < 1.29 is 19.0 Å². The zero-order valence-electron chi connectivity index (χ0n) is 15.3. The summed E-state index contributed by atoms with van der Waals surface area (Å²) in [4.78, 5) is 15.9. The van der Waals surface area contributed by atoms with Gasteiger partial charge in [-0.3, -0.25) is 4.79 Å². The number of rotatable bonds is 7. The molecule has 1 aliphatic heterocycles. The fourth-order valence-electron chi connectivity index (χ4n) is 3.08. The predicted molar refractivity (Wildman–Crippen MR) is 105 cm³/mol. The summed E-state index contributed by atoms with van der Waals surface area (Å²) in [7, 11) is 1.66. The first-order valence-electron chi connectivity index (χ1n) is 9.18. The number of fused-ring (bicyclic) bond motifs is 1. The van der Waals surface area contributed by atoms with Crippen LogP contribution >= 0.6 is 11.8 Å². The van der Waals surface area contributed by atoms with Crippen molar-refractivity contribution in [2.45, 2.75) is 30.3 Å². The van der Waals surface area contributed by atoms with Crippen LogP contribution in [0.3, 0.4) is 0 Å². The van der Waals surface area contributed by atoms with E-state index < -0.39 is 0 Å². The van der Waals surface area contributed by atoms with Crippen LogP contribution in [0, 0.1) is 0 Å². The van der Waals surface area contributed by atoms with Gasteiger partial charge in [0.15, 0.2) is 11.5 Å². The van der Waals surface area contributed by atoms with Crippen LogP contribution in [0.5, 0.6) is 17.2 Å². The maximum absolute atomic E-state index is 12.8. The summed E-state index contributed by atoms with van der Waals surface area (Å²) in [6, 6.07) is 14.2. The van der Waals surface area contributed by atoms with Crippen molar-refractivity contribution in [2.75, 3.05) is 26.1 Å². The minimum Gasteiger partial charge on any atom is -0.497 e. The minimum absolute atomic E-state index is 0.174. The molecule has 0 atom stereocenters. The second kappa shape index (κ2) is 8.13. The molecule has 0 spiro atoms. The van der Waals surface area contributed by atoms with Gasteiger partial charge in [0.05, 0.1) is 12.9 Å².